The van der Waals surface area contributed by atoms with Crippen molar-refractivity contribution in [1.82, 2.24) is 30.0 Å². The van der Waals surface area contributed by atoms with E-state index in [-0.39, 0.29) is 5.89 Å². The molecule has 0 radical (unpaired) electrons. The molecule has 0 saturated heterocycles. The summed E-state index contributed by atoms with van der Waals surface area (Å²) in [6.45, 7) is 4.17. The van der Waals surface area contributed by atoms with Crippen molar-refractivity contribution in [3.05, 3.63) is 70.4 Å². The highest BCUT2D eigenvalue weighted by Gasteiger charge is 2.17. The molecule has 4 aromatic rings. The largest absolute Gasteiger partial charge is 0.480 e. The number of rotatable bonds is 7. The van der Waals surface area contributed by atoms with Gasteiger partial charge in [0.15, 0.2) is 0 Å². The predicted octanol–water partition coefficient (Wildman–Crippen LogP) is 2.70. The molecule has 0 spiro atoms. The van der Waals surface area contributed by atoms with Gasteiger partial charge in [0, 0.05) is 29.9 Å². The maximum atomic E-state index is 12.1. The summed E-state index contributed by atoms with van der Waals surface area (Å²) in [5.41, 5.74) is 3.89. The number of pyridine rings is 1. The van der Waals surface area contributed by atoms with Gasteiger partial charge in [-0.25, -0.2) is 9.78 Å². The Morgan fingerprint density at radius 3 is 2.64 bits per heavy atom. The lowest BCUT2D eigenvalue weighted by Crippen LogP contribution is -2.27. The van der Waals surface area contributed by atoms with Crippen LogP contribution in [-0.2, 0) is 11.3 Å². The molecular weight excluding hydrogens is 424 g/mol. The Morgan fingerprint density at radius 1 is 1.15 bits per heavy atom. The van der Waals surface area contributed by atoms with Gasteiger partial charge in [-0.1, -0.05) is 12.1 Å². The van der Waals surface area contributed by atoms with E-state index in [1.54, 1.807) is 6.07 Å². The van der Waals surface area contributed by atoms with Crippen molar-refractivity contribution in [1.29, 1.82) is 0 Å². The summed E-state index contributed by atoms with van der Waals surface area (Å²) in [6.07, 6.45) is 4.46. The number of aryl methyl sites for hydroxylation is 1. The van der Waals surface area contributed by atoms with Gasteiger partial charge in [0.25, 0.3) is 11.4 Å². The van der Waals surface area contributed by atoms with Crippen molar-refractivity contribution in [2.45, 2.75) is 26.4 Å². The van der Waals surface area contributed by atoms with Crippen LogP contribution in [0.3, 0.4) is 0 Å². The smallest absolute Gasteiger partial charge is 0.326 e. The highest BCUT2D eigenvalue weighted by atomic mass is 16.4. The summed E-state index contributed by atoms with van der Waals surface area (Å²) in [5, 5.41) is 20.6. The fourth-order valence-electron chi connectivity index (χ4n) is 3.40. The number of carbonyl (C=O) groups is 1. The quantitative estimate of drug-likeness (QED) is 0.439. The van der Waals surface area contributed by atoms with Crippen LogP contribution in [0.15, 0.2) is 58.1 Å². The van der Waals surface area contributed by atoms with Gasteiger partial charge in [-0.05, 0) is 44.2 Å². The number of aliphatic carboxylic acids is 1. The Morgan fingerprint density at radius 2 is 1.91 bits per heavy atom. The van der Waals surface area contributed by atoms with Crippen LogP contribution in [0, 0.1) is 6.92 Å². The summed E-state index contributed by atoms with van der Waals surface area (Å²) in [7, 11) is 1.89. The average molecular weight is 446 g/mol. The zero-order chi connectivity index (χ0) is 23.5. The Labute approximate surface area is 189 Å². The van der Waals surface area contributed by atoms with E-state index in [4.69, 9.17) is 4.42 Å². The molecule has 1 aromatic carbocycles. The summed E-state index contributed by atoms with van der Waals surface area (Å²) < 4.78 is 7.00. The van der Waals surface area contributed by atoms with Crippen molar-refractivity contribution in [2.24, 2.45) is 0 Å². The normalized spacial score (nSPS) is 12.0. The molecule has 0 saturated carbocycles. The fraction of sp³-hybridized carbons (Fsp3) is 0.217. The van der Waals surface area contributed by atoms with Crippen LogP contribution in [0.5, 0.6) is 0 Å². The minimum absolute atomic E-state index is 0.199. The van der Waals surface area contributed by atoms with Gasteiger partial charge in [0.2, 0.25) is 5.89 Å². The van der Waals surface area contributed by atoms with Crippen LogP contribution in [0.1, 0.15) is 24.1 Å². The van der Waals surface area contributed by atoms with Crippen molar-refractivity contribution in [3.8, 4) is 34.3 Å². The van der Waals surface area contributed by atoms with Crippen molar-refractivity contribution >= 4 is 5.97 Å². The monoisotopic (exact) mass is 446 g/mol. The number of hydrogen-bond acceptors (Lipinski definition) is 8. The van der Waals surface area contributed by atoms with Gasteiger partial charge < -0.3 is 19.4 Å². The van der Waals surface area contributed by atoms with Gasteiger partial charge in [-0.3, -0.25) is 9.78 Å². The first-order valence-corrected chi connectivity index (χ1v) is 10.2. The minimum atomic E-state index is -1.11. The molecule has 0 aliphatic rings. The number of hydrogen-bond donors (Lipinski definition) is 2. The summed E-state index contributed by atoms with van der Waals surface area (Å²) in [5.74, 6) is -0.540. The number of aromatic nitrogens is 5. The molecule has 0 aliphatic carbocycles. The van der Waals surface area contributed by atoms with E-state index in [0.29, 0.717) is 22.8 Å². The first kappa shape index (κ1) is 22.0. The van der Waals surface area contributed by atoms with Crippen molar-refractivity contribution in [2.75, 3.05) is 7.05 Å². The van der Waals surface area contributed by atoms with E-state index in [9.17, 15) is 14.7 Å². The van der Waals surface area contributed by atoms with Crippen molar-refractivity contribution < 1.29 is 14.3 Å². The Kier molecular flexibility index (Phi) is 6.09. The molecule has 33 heavy (non-hydrogen) atoms. The Bertz CT molecular complexity index is 1380. The van der Waals surface area contributed by atoms with Gasteiger partial charge in [-0.2, -0.15) is 0 Å². The van der Waals surface area contributed by atoms with Crippen LogP contribution in [0.4, 0.5) is 0 Å². The molecule has 1 unspecified atom stereocenters. The highest BCUT2D eigenvalue weighted by Crippen LogP contribution is 2.27. The first-order valence-electron chi connectivity index (χ1n) is 10.2. The molecule has 4 rings (SSSR count). The van der Waals surface area contributed by atoms with E-state index in [0.717, 1.165) is 27.8 Å². The molecule has 0 fully saturated rings. The molecule has 3 aromatic heterocycles. The standard InChI is InChI=1S/C23H22N6O4/c1-13-8-15(9-24-3)4-6-17(13)21-27-28-22(33-21)19-11-25-10-18(26-19)16-5-7-20(30)29(12-16)14(2)23(31)32/h4-8,10-12,14,24H,9H2,1-3H3,(H,31,32). The van der Waals surface area contributed by atoms with Crippen molar-refractivity contribution in [3.63, 3.8) is 0 Å². The van der Waals surface area contributed by atoms with Gasteiger partial charge in [0.05, 0.1) is 18.1 Å². The molecule has 0 bridgehead atoms. The Hall–Kier alpha value is -4.18. The van der Waals surface area contributed by atoms with Gasteiger partial charge in [-0.15, -0.1) is 10.2 Å². The van der Waals surface area contributed by atoms with E-state index in [1.807, 2.05) is 26.1 Å². The molecule has 1 atom stereocenters. The van der Waals surface area contributed by atoms with E-state index >= 15 is 0 Å². The number of nitrogens with one attached hydrogen (secondary N) is 1. The number of benzene rings is 1. The number of carboxylic acid groups (broad SMARTS) is 1. The van der Waals surface area contributed by atoms with Crippen LogP contribution < -0.4 is 10.9 Å². The van der Waals surface area contributed by atoms with E-state index in [1.165, 1.54) is 31.6 Å². The highest BCUT2D eigenvalue weighted by molar-refractivity contribution is 5.71. The van der Waals surface area contributed by atoms with Crippen LogP contribution in [0.25, 0.3) is 34.3 Å². The lowest BCUT2D eigenvalue weighted by Gasteiger charge is -2.12. The third-order valence-electron chi connectivity index (χ3n) is 5.19. The molecule has 0 amide bonds. The van der Waals surface area contributed by atoms with Crippen LogP contribution in [0.2, 0.25) is 0 Å². The second-order valence-corrected chi connectivity index (χ2v) is 7.56. The topological polar surface area (TPSA) is 136 Å². The SMILES string of the molecule is CNCc1ccc(-c2nnc(-c3cncc(-c4ccc(=O)n(C(C)C(=O)O)c4)n3)o2)c(C)c1. The Balaban J connectivity index is 1.66. The number of nitrogens with zero attached hydrogens (tertiary/aromatic N) is 5. The van der Waals surface area contributed by atoms with Gasteiger partial charge in [0.1, 0.15) is 11.7 Å². The maximum absolute atomic E-state index is 12.1. The minimum Gasteiger partial charge on any atom is -0.480 e. The summed E-state index contributed by atoms with van der Waals surface area (Å²) in [6, 6.07) is 7.84. The van der Waals surface area contributed by atoms with Gasteiger partial charge >= 0.3 is 5.97 Å². The molecule has 3 heterocycles. The second kappa shape index (κ2) is 9.13. The zero-order valence-electron chi connectivity index (χ0n) is 18.3. The van der Waals surface area contributed by atoms with E-state index in [2.05, 4.69) is 31.5 Å². The maximum Gasteiger partial charge on any atom is 0.326 e. The molecule has 10 nitrogen and oxygen atoms in total. The van der Waals surface area contributed by atoms with Crippen LogP contribution in [-0.4, -0.2) is 42.9 Å². The lowest BCUT2D eigenvalue weighted by molar-refractivity contribution is -0.140. The summed E-state index contributed by atoms with van der Waals surface area (Å²) in [4.78, 5) is 32.1. The molecule has 0 aliphatic heterocycles. The van der Waals surface area contributed by atoms with E-state index < -0.39 is 17.6 Å². The molecular formula is C23H22N6O4. The first-order chi connectivity index (χ1) is 15.9. The molecule has 2 N–H and O–H groups in total. The average Bonchev–Trinajstić information content (AvgIpc) is 3.29. The third-order valence-corrected chi connectivity index (χ3v) is 5.19. The number of carboxylic acids is 1. The second-order valence-electron chi connectivity index (χ2n) is 7.56. The summed E-state index contributed by atoms with van der Waals surface area (Å²) >= 11 is 0. The molecule has 10 heteroatoms. The third kappa shape index (κ3) is 4.55. The fourth-order valence-corrected chi connectivity index (χ4v) is 3.40. The predicted molar refractivity (Wildman–Crippen MR) is 120 cm³/mol. The van der Waals surface area contributed by atoms with Crippen LogP contribution >= 0.6 is 0 Å². The zero-order valence-corrected chi connectivity index (χ0v) is 18.3. The molecule has 168 valence electrons. The lowest BCUT2D eigenvalue weighted by atomic mass is 10.1.